The van der Waals surface area contributed by atoms with Gasteiger partial charge in [-0.1, -0.05) is 23.7 Å². The lowest BCUT2D eigenvalue weighted by Gasteiger charge is -2.16. The molecule has 0 fully saturated rings. The van der Waals surface area contributed by atoms with Crippen molar-refractivity contribution >= 4 is 46.1 Å². The standard InChI is InChI=1S/C24H18ClN3O5/c1-2-33-18-13-9-16(10-14-18)26-22-21(15-7-11-17(12-8-15)28(31)32)23(29)27(24(22)30)20-6-4-3-5-19(20)25/h3-14,26H,2H2,1H3. The van der Waals surface area contributed by atoms with Gasteiger partial charge in [-0.3, -0.25) is 19.7 Å². The number of hydrogen-bond donors (Lipinski definition) is 1. The molecule has 0 spiro atoms. The number of carbonyl (C=O) groups excluding carboxylic acids is 2. The lowest BCUT2D eigenvalue weighted by atomic mass is 10.0. The van der Waals surface area contributed by atoms with Crippen molar-refractivity contribution in [1.29, 1.82) is 0 Å². The predicted molar refractivity (Wildman–Crippen MR) is 125 cm³/mol. The Hall–Kier alpha value is -4.17. The Morgan fingerprint density at radius 1 is 0.970 bits per heavy atom. The van der Waals surface area contributed by atoms with Gasteiger partial charge >= 0.3 is 0 Å². The zero-order chi connectivity index (χ0) is 23.5. The van der Waals surface area contributed by atoms with Crippen molar-refractivity contribution in [2.75, 3.05) is 16.8 Å². The van der Waals surface area contributed by atoms with Crippen LogP contribution >= 0.6 is 11.6 Å². The molecule has 33 heavy (non-hydrogen) atoms. The van der Waals surface area contributed by atoms with Gasteiger partial charge in [-0.25, -0.2) is 4.90 Å². The smallest absolute Gasteiger partial charge is 0.282 e. The molecule has 0 atom stereocenters. The molecule has 1 heterocycles. The van der Waals surface area contributed by atoms with Crippen molar-refractivity contribution in [2.45, 2.75) is 6.92 Å². The van der Waals surface area contributed by atoms with E-state index >= 15 is 0 Å². The first-order chi connectivity index (χ1) is 15.9. The number of rotatable bonds is 7. The number of hydrogen-bond acceptors (Lipinski definition) is 6. The highest BCUT2D eigenvalue weighted by molar-refractivity contribution is 6.48. The van der Waals surface area contributed by atoms with Crippen LogP contribution in [-0.2, 0) is 9.59 Å². The summed E-state index contributed by atoms with van der Waals surface area (Å²) in [5, 5.41) is 14.3. The van der Waals surface area contributed by atoms with E-state index in [0.29, 0.717) is 23.6 Å². The highest BCUT2D eigenvalue weighted by Crippen LogP contribution is 2.37. The van der Waals surface area contributed by atoms with Crippen molar-refractivity contribution < 1.29 is 19.2 Å². The van der Waals surface area contributed by atoms with Crippen LogP contribution in [-0.4, -0.2) is 23.3 Å². The van der Waals surface area contributed by atoms with E-state index in [1.165, 1.54) is 24.3 Å². The van der Waals surface area contributed by atoms with Gasteiger partial charge in [0.2, 0.25) is 0 Å². The zero-order valence-electron chi connectivity index (χ0n) is 17.4. The lowest BCUT2D eigenvalue weighted by Crippen LogP contribution is -2.32. The Morgan fingerprint density at radius 3 is 2.24 bits per heavy atom. The Kier molecular flexibility index (Phi) is 6.10. The first-order valence-electron chi connectivity index (χ1n) is 10.0. The number of halogens is 1. The minimum atomic E-state index is -0.588. The Bertz CT molecular complexity index is 1270. The Morgan fingerprint density at radius 2 is 1.64 bits per heavy atom. The number of nitrogens with one attached hydrogen (secondary N) is 1. The van der Waals surface area contributed by atoms with Crippen LogP contribution in [0.5, 0.6) is 5.75 Å². The molecule has 0 unspecified atom stereocenters. The van der Waals surface area contributed by atoms with Gasteiger partial charge in [-0.15, -0.1) is 0 Å². The van der Waals surface area contributed by atoms with Crippen LogP contribution in [0, 0.1) is 10.1 Å². The molecule has 0 radical (unpaired) electrons. The van der Waals surface area contributed by atoms with Gasteiger partial charge in [-0.2, -0.15) is 0 Å². The molecule has 1 N–H and O–H groups in total. The van der Waals surface area contributed by atoms with Crippen molar-refractivity contribution in [2.24, 2.45) is 0 Å². The maximum atomic E-state index is 13.4. The Labute approximate surface area is 194 Å². The van der Waals surface area contributed by atoms with Crippen LogP contribution in [0.2, 0.25) is 5.02 Å². The number of para-hydroxylation sites is 1. The fourth-order valence-corrected chi connectivity index (χ4v) is 3.68. The predicted octanol–water partition coefficient (Wildman–Crippen LogP) is 5.04. The van der Waals surface area contributed by atoms with E-state index in [4.69, 9.17) is 16.3 Å². The molecular weight excluding hydrogens is 446 g/mol. The van der Waals surface area contributed by atoms with Gasteiger partial charge in [0, 0.05) is 17.8 Å². The quantitative estimate of drug-likeness (QED) is 0.299. The first-order valence-corrected chi connectivity index (χ1v) is 10.4. The average molecular weight is 464 g/mol. The summed E-state index contributed by atoms with van der Waals surface area (Å²) in [5.41, 5.74) is 1.18. The first kappa shape index (κ1) is 22.0. The minimum Gasteiger partial charge on any atom is -0.494 e. The van der Waals surface area contributed by atoms with Crippen molar-refractivity contribution in [1.82, 2.24) is 0 Å². The van der Waals surface area contributed by atoms with Crippen LogP contribution in [0.1, 0.15) is 12.5 Å². The number of nitro benzene ring substituents is 1. The number of nitro groups is 1. The molecule has 1 aliphatic heterocycles. The van der Waals surface area contributed by atoms with E-state index in [1.54, 1.807) is 48.5 Å². The van der Waals surface area contributed by atoms with Gasteiger partial charge < -0.3 is 10.1 Å². The molecule has 0 saturated carbocycles. The van der Waals surface area contributed by atoms with E-state index in [9.17, 15) is 19.7 Å². The SMILES string of the molecule is CCOc1ccc(NC2=C(c3ccc([N+](=O)[O-])cc3)C(=O)N(c3ccccc3Cl)C2=O)cc1. The van der Waals surface area contributed by atoms with Crippen LogP contribution in [0.4, 0.5) is 17.1 Å². The summed E-state index contributed by atoms with van der Waals surface area (Å²) in [6.07, 6.45) is 0. The molecule has 1 aliphatic rings. The normalized spacial score (nSPS) is 13.5. The zero-order valence-corrected chi connectivity index (χ0v) is 18.2. The molecule has 3 aromatic rings. The summed E-state index contributed by atoms with van der Waals surface area (Å²) >= 11 is 6.27. The number of anilines is 2. The summed E-state index contributed by atoms with van der Waals surface area (Å²) < 4.78 is 5.44. The van der Waals surface area contributed by atoms with Crippen molar-refractivity contribution in [3.8, 4) is 5.75 Å². The largest absolute Gasteiger partial charge is 0.494 e. The summed E-state index contributed by atoms with van der Waals surface area (Å²) in [6, 6.07) is 18.9. The third kappa shape index (κ3) is 4.28. The second kappa shape index (κ2) is 9.13. The second-order valence-electron chi connectivity index (χ2n) is 7.03. The average Bonchev–Trinajstić information content (AvgIpc) is 3.05. The third-order valence-corrected chi connectivity index (χ3v) is 5.30. The highest BCUT2D eigenvalue weighted by atomic mass is 35.5. The van der Waals surface area contributed by atoms with Crippen LogP contribution in [0.3, 0.4) is 0 Å². The molecular formula is C24H18ClN3O5. The van der Waals surface area contributed by atoms with Gasteiger partial charge in [0.05, 0.1) is 27.8 Å². The number of nitrogens with zero attached hydrogens (tertiary/aromatic N) is 2. The van der Waals surface area contributed by atoms with E-state index in [-0.39, 0.29) is 27.7 Å². The number of imide groups is 1. The van der Waals surface area contributed by atoms with Crippen LogP contribution in [0.25, 0.3) is 5.57 Å². The summed E-state index contributed by atoms with van der Waals surface area (Å²) in [4.78, 5) is 38.3. The topological polar surface area (TPSA) is 102 Å². The molecule has 166 valence electrons. The number of benzene rings is 3. The lowest BCUT2D eigenvalue weighted by molar-refractivity contribution is -0.384. The third-order valence-electron chi connectivity index (χ3n) is 4.98. The number of non-ortho nitro benzene ring substituents is 1. The van der Waals surface area contributed by atoms with Gasteiger partial charge in [0.1, 0.15) is 11.4 Å². The van der Waals surface area contributed by atoms with Crippen LogP contribution in [0.15, 0.2) is 78.5 Å². The molecule has 4 rings (SSSR count). The summed E-state index contributed by atoms with van der Waals surface area (Å²) in [7, 11) is 0. The van der Waals surface area contributed by atoms with Crippen molar-refractivity contribution in [3.05, 3.63) is 99.2 Å². The van der Waals surface area contributed by atoms with Crippen LogP contribution < -0.4 is 15.0 Å². The molecule has 3 aromatic carbocycles. The minimum absolute atomic E-state index is 0.0398. The number of carbonyl (C=O) groups is 2. The molecule has 2 amide bonds. The summed E-state index contributed by atoms with van der Waals surface area (Å²) in [6.45, 7) is 2.39. The monoisotopic (exact) mass is 463 g/mol. The summed E-state index contributed by atoms with van der Waals surface area (Å²) in [5.74, 6) is -0.509. The number of amides is 2. The highest BCUT2D eigenvalue weighted by Gasteiger charge is 2.41. The van der Waals surface area contributed by atoms with E-state index in [1.807, 2.05) is 6.92 Å². The maximum Gasteiger partial charge on any atom is 0.282 e. The fraction of sp³-hybridized carbons (Fsp3) is 0.0833. The molecule has 0 aromatic heterocycles. The molecule has 8 nitrogen and oxygen atoms in total. The van der Waals surface area contributed by atoms with Gasteiger partial charge in [0.15, 0.2) is 0 Å². The molecule has 0 aliphatic carbocycles. The second-order valence-corrected chi connectivity index (χ2v) is 7.44. The van der Waals surface area contributed by atoms with E-state index < -0.39 is 16.7 Å². The fourth-order valence-electron chi connectivity index (χ4n) is 3.46. The van der Waals surface area contributed by atoms with E-state index in [2.05, 4.69) is 5.32 Å². The Balaban J connectivity index is 1.78. The van der Waals surface area contributed by atoms with Gasteiger partial charge in [-0.05, 0) is 61.0 Å². The maximum absolute atomic E-state index is 13.4. The molecule has 0 saturated heterocycles. The van der Waals surface area contributed by atoms with Gasteiger partial charge in [0.25, 0.3) is 17.5 Å². The number of ether oxygens (including phenoxy) is 1. The molecule has 9 heteroatoms. The van der Waals surface area contributed by atoms with Crippen molar-refractivity contribution in [3.63, 3.8) is 0 Å². The molecule has 0 bridgehead atoms. The van der Waals surface area contributed by atoms with E-state index in [0.717, 1.165) is 4.90 Å².